The van der Waals surface area contributed by atoms with Crippen molar-refractivity contribution in [3.05, 3.63) is 97.2 Å². The SMILES string of the molecule is CC/C=C\C/C=C\C/C=C\C/C=C\C/C=C\C/C=C\CCCCC(=O)OC(COC(=O)CCCCCCCCCCCCCCCCCCCCCCCCCCC/C=C\C/C=C\CCCCCCC)COP(=O)([O-])OCC[N+](C)(C)C. The molecule has 0 saturated heterocycles. The van der Waals surface area contributed by atoms with E-state index in [4.69, 9.17) is 18.5 Å². The summed E-state index contributed by atoms with van der Waals surface area (Å²) in [5, 5.41) is 0. The van der Waals surface area contributed by atoms with E-state index in [0.29, 0.717) is 17.4 Å². The van der Waals surface area contributed by atoms with Gasteiger partial charge in [0, 0.05) is 12.8 Å². The molecule has 0 aromatic carbocycles. The van der Waals surface area contributed by atoms with Crippen molar-refractivity contribution in [1.82, 2.24) is 0 Å². The summed E-state index contributed by atoms with van der Waals surface area (Å²) < 4.78 is 34.2. The summed E-state index contributed by atoms with van der Waals surface area (Å²) >= 11 is 0. The first kappa shape index (κ1) is 78.9. The minimum Gasteiger partial charge on any atom is -0.756 e. The largest absolute Gasteiger partial charge is 0.756 e. The number of hydrogen-bond acceptors (Lipinski definition) is 8. The molecule has 10 heteroatoms. The van der Waals surface area contributed by atoms with E-state index in [1.165, 1.54) is 186 Å². The molecule has 0 heterocycles. The van der Waals surface area contributed by atoms with Gasteiger partial charge in [-0.2, -0.15) is 0 Å². The predicted molar refractivity (Wildman–Crippen MR) is 351 cm³/mol. The van der Waals surface area contributed by atoms with Crippen molar-refractivity contribution < 1.29 is 42.1 Å². The quantitative estimate of drug-likeness (QED) is 0.0195. The summed E-state index contributed by atoms with van der Waals surface area (Å²) in [6.07, 6.45) is 86.5. The van der Waals surface area contributed by atoms with Gasteiger partial charge in [-0.3, -0.25) is 14.2 Å². The molecule has 0 aliphatic carbocycles. The van der Waals surface area contributed by atoms with Crippen LogP contribution in [0.2, 0.25) is 0 Å². The van der Waals surface area contributed by atoms with Crippen LogP contribution in [0.3, 0.4) is 0 Å². The van der Waals surface area contributed by atoms with Crippen molar-refractivity contribution in [2.45, 2.75) is 302 Å². The molecular weight excluding hydrogens is 1040 g/mol. The Hall–Kier alpha value is -3.07. The fraction of sp³-hybridized carbons (Fsp3) is 0.750. The van der Waals surface area contributed by atoms with Crippen LogP contribution in [0.1, 0.15) is 296 Å². The van der Waals surface area contributed by atoms with Crippen LogP contribution in [-0.4, -0.2) is 70.0 Å². The topological polar surface area (TPSA) is 111 Å². The van der Waals surface area contributed by atoms with Crippen LogP contribution in [0.4, 0.5) is 0 Å². The Kier molecular flexibility index (Phi) is 60.1. The monoisotopic (exact) mass is 1170 g/mol. The zero-order valence-electron chi connectivity index (χ0n) is 53.9. The number of carbonyl (C=O) groups excluding carboxylic acids is 2. The second-order valence-corrected chi connectivity index (χ2v) is 25.2. The molecule has 0 amide bonds. The van der Waals surface area contributed by atoms with Gasteiger partial charge in [-0.05, 0) is 96.3 Å². The highest BCUT2D eigenvalue weighted by molar-refractivity contribution is 7.45. The highest BCUT2D eigenvalue weighted by atomic mass is 31.2. The van der Waals surface area contributed by atoms with E-state index >= 15 is 0 Å². The highest BCUT2D eigenvalue weighted by Crippen LogP contribution is 2.38. The van der Waals surface area contributed by atoms with E-state index < -0.39 is 32.5 Å². The van der Waals surface area contributed by atoms with Crippen LogP contribution in [0.5, 0.6) is 0 Å². The molecule has 474 valence electrons. The number of ether oxygens (including phenoxy) is 2. The minimum atomic E-state index is -4.66. The number of rotatable bonds is 62. The Morgan fingerprint density at radius 3 is 1.06 bits per heavy atom. The number of quaternary nitrogens is 1. The number of hydrogen-bond donors (Lipinski definition) is 0. The Morgan fingerprint density at radius 1 is 0.390 bits per heavy atom. The van der Waals surface area contributed by atoms with E-state index in [1.54, 1.807) is 0 Å². The second kappa shape index (κ2) is 62.5. The maximum Gasteiger partial charge on any atom is 0.306 e. The van der Waals surface area contributed by atoms with E-state index in [0.717, 1.165) is 77.0 Å². The molecule has 0 aromatic rings. The first-order valence-electron chi connectivity index (χ1n) is 33.9. The standard InChI is InChI=1S/C72H128NO8P/c1-6-8-10-12-14-16-18-20-22-24-26-28-29-30-31-32-33-34-35-36-37-38-39-40-41-42-43-45-46-48-50-52-54-56-58-60-62-64-71(74)78-68-70(69-80-82(76,77)79-67-66-73(3,4)5)81-72(75)65-63-61-59-57-55-53-51-49-47-44-27-25-23-21-19-17-15-13-11-9-7-2/h9,11,15,17-18,20-21,23-24,26-27,44,49,51,55,57,70H,6-8,10,12-14,16,19,22,25,28-43,45-48,50,52-54,56,58-69H2,1-5H3/b11-9-,17-15-,20-18-,23-21-,26-24-,44-27-,51-49-,57-55-. The van der Waals surface area contributed by atoms with Crippen LogP contribution in [0.25, 0.3) is 0 Å². The van der Waals surface area contributed by atoms with Gasteiger partial charge < -0.3 is 27.9 Å². The second-order valence-electron chi connectivity index (χ2n) is 23.8. The third-order valence-corrected chi connectivity index (χ3v) is 15.6. The van der Waals surface area contributed by atoms with Crippen molar-refractivity contribution in [3.8, 4) is 0 Å². The normalized spacial score (nSPS) is 13.8. The summed E-state index contributed by atoms with van der Waals surface area (Å²) in [6.45, 7) is 4.08. The highest BCUT2D eigenvalue weighted by Gasteiger charge is 2.22. The number of phosphoric acid groups is 1. The Bertz CT molecular complexity index is 1710. The number of phosphoric ester groups is 1. The molecule has 0 spiro atoms. The number of esters is 2. The fourth-order valence-corrected chi connectivity index (χ4v) is 10.1. The van der Waals surface area contributed by atoms with E-state index in [1.807, 2.05) is 21.1 Å². The third kappa shape index (κ3) is 66.1. The van der Waals surface area contributed by atoms with Crippen LogP contribution in [-0.2, 0) is 32.7 Å². The van der Waals surface area contributed by atoms with Gasteiger partial charge in [0.2, 0.25) is 0 Å². The maximum absolute atomic E-state index is 12.8. The first-order valence-corrected chi connectivity index (χ1v) is 35.4. The summed E-state index contributed by atoms with van der Waals surface area (Å²) in [7, 11) is 1.13. The van der Waals surface area contributed by atoms with Gasteiger partial charge in [0.1, 0.15) is 19.8 Å². The molecule has 0 aromatic heterocycles. The molecule has 9 nitrogen and oxygen atoms in total. The smallest absolute Gasteiger partial charge is 0.306 e. The first-order chi connectivity index (χ1) is 40.0. The van der Waals surface area contributed by atoms with Crippen LogP contribution >= 0.6 is 7.82 Å². The summed E-state index contributed by atoms with van der Waals surface area (Å²) in [6, 6.07) is 0. The van der Waals surface area contributed by atoms with Crippen molar-refractivity contribution in [3.63, 3.8) is 0 Å². The molecular formula is C72H128NO8P. The molecule has 0 rings (SSSR count). The number of unbranched alkanes of at least 4 members (excludes halogenated alkanes) is 32. The molecule has 0 aliphatic rings. The molecule has 0 fully saturated rings. The molecule has 2 unspecified atom stereocenters. The zero-order valence-corrected chi connectivity index (χ0v) is 54.8. The molecule has 0 N–H and O–H groups in total. The Balaban J connectivity index is 4.01. The van der Waals surface area contributed by atoms with E-state index in [9.17, 15) is 19.0 Å². The van der Waals surface area contributed by atoms with Gasteiger partial charge in [0.05, 0.1) is 27.7 Å². The van der Waals surface area contributed by atoms with Crippen molar-refractivity contribution in [1.29, 1.82) is 0 Å². The zero-order chi connectivity index (χ0) is 59.8. The third-order valence-electron chi connectivity index (χ3n) is 14.6. The van der Waals surface area contributed by atoms with Gasteiger partial charge >= 0.3 is 11.9 Å². The van der Waals surface area contributed by atoms with Gasteiger partial charge in [-0.1, -0.05) is 284 Å². The molecule has 2 atom stereocenters. The average molecular weight is 1170 g/mol. The lowest BCUT2D eigenvalue weighted by Crippen LogP contribution is -2.37. The molecule has 0 saturated carbocycles. The summed E-state index contributed by atoms with van der Waals surface area (Å²) in [5.74, 6) is -0.879. The van der Waals surface area contributed by atoms with Crippen molar-refractivity contribution >= 4 is 19.8 Å². The molecule has 82 heavy (non-hydrogen) atoms. The van der Waals surface area contributed by atoms with Crippen molar-refractivity contribution in [2.75, 3.05) is 47.5 Å². The number of carbonyl (C=O) groups is 2. The summed E-state index contributed by atoms with van der Waals surface area (Å²) in [4.78, 5) is 38.0. The van der Waals surface area contributed by atoms with Gasteiger partial charge in [0.15, 0.2) is 6.10 Å². The van der Waals surface area contributed by atoms with E-state index in [2.05, 4.69) is 111 Å². The fourth-order valence-electron chi connectivity index (χ4n) is 9.40. The van der Waals surface area contributed by atoms with Crippen LogP contribution < -0.4 is 4.89 Å². The lowest BCUT2D eigenvalue weighted by Gasteiger charge is -2.28. The number of allylic oxidation sites excluding steroid dienone is 16. The van der Waals surface area contributed by atoms with Gasteiger partial charge in [-0.25, -0.2) is 0 Å². The van der Waals surface area contributed by atoms with Crippen LogP contribution in [0.15, 0.2) is 97.2 Å². The Labute approximate surface area is 506 Å². The number of likely N-dealkylation sites (N-methyl/N-ethyl adjacent to an activating group) is 1. The van der Waals surface area contributed by atoms with Gasteiger partial charge in [0.25, 0.3) is 7.82 Å². The van der Waals surface area contributed by atoms with Gasteiger partial charge in [-0.15, -0.1) is 0 Å². The lowest BCUT2D eigenvalue weighted by molar-refractivity contribution is -0.870. The molecule has 0 bridgehead atoms. The minimum absolute atomic E-state index is 0.0427. The molecule has 0 radical (unpaired) electrons. The van der Waals surface area contributed by atoms with Crippen molar-refractivity contribution in [2.24, 2.45) is 0 Å². The summed E-state index contributed by atoms with van der Waals surface area (Å²) in [5.41, 5.74) is 0. The molecule has 0 aliphatic heterocycles. The maximum atomic E-state index is 12.8. The van der Waals surface area contributed by atoms with Crippen LogP contribution in [0, 0.1) is 0 Å². The average Bonchev–Trinajstić information content (AvgIpc) is 3.46. The van der Waals surface area contributed by atoms with E-state index in [-0.39, 0.29) is 26.1 Å². The lowest BCUT2D eigenvalue weighted by atomic mass is 10.0. The predicted octanol–water partition coefficient (Wildman–Crippen LogP) is 21.3. The number of nitrogens with zero attached hydrogens (tertiary/aromatic N) is 1. The Morgan fingerprint density at radius 2 is 0.695 bits per heavy atom.